The lowest BCUT2D eigenvalue weighted by molar-refractivity contribution is -0.161. The Morgan fingerprint density at radius 2 is 0.465 bits per heavy atom. The molecule has 19 heteroatoms. The van der Waals surface area contributed by atoms with Crippen molar-refractivity contribution in [3.63, 3.8) is 0 Å². The molecule has 0 amide bonds. The molecule has 0 aromatic heterocycles. The normalized spacial score (nSPS) is 13.9. The molecule has 3 N–H and O–H groups in total. The second kappa shape index (κ2) is 73.0. The van der Waals surface area contributed by atoms with Gasteiger partial charge in [-0.3, -0.25) is 37.3 Å². The molecule has 0 spiro atoms. The van der Waals surface area contributed by atoms with E-state index in [-0.39, 0.29) is 25.7 Å². The quantitative estimate of drug-likeness (QED) is 0.0222. The Hall–Kier alpha value is -1.94. The van der Waals surface area contributed by atoms with Crippen LogP contribution < -0.4 is 0 Å². The van der Waals surface area contributed by atoms with Crippen LogP contribution in [0.2, 0.25) is 0 Å². The number of aliphatic hydroxyl groups excluding tert-OH is 1. The van der Waals surface area contributed by atoms with E-state index < -0.39 is 97.5 Å². The molecule has 0 aliphatic carbocycles. The first kappa shape index (κ1) is 97.1. The van der Waals surface area contributed by atoms with E-state index in [9.17, 15) is 43.2 Å². The van der Waals surface area contributed by atoms with Gasteiger partial charge in [0.05, 0.1) is 26.4 Å². The SMILES string of the molecule is CCCCCCCCCCCCCCCCCCCCCCCCC(=O)O[C@H](COC(=O)CCCCCCCCCCCCCCCCCC)COP(=O)(O)OC[C@@H](O)COP(=O)(O)OC[C@@H](COC(=O)CCCCCCCCC(C)C)OC(=O)CCCCCCCCCCCCCC. The highest BCUT2D eigenvalue weighted by Gasteiger charge is 2.30. The monoisotopic (exact) mass is 1450 g/mol. The van der Waals surface area contributed by atoms with Gasteiger partial charge >= 0.3 is 39.5 Å². The van der Waals surface area contributed by atoms with Crippen molar-refractivity contribution in [2.45, 2.75) is 445 Å². The minimum Gasteiger partial charge on any atom is -0.462 e. The molecule has 0 aromatic rings. The predicted molar refractivity (Wildman–Crippen MR) is 405 cm³/mol. The lowest BCUT2D eigenvalue weighted by Gasteiger charge is -2.21. The summed E-state index contributed by atoms with van der Waals surface area (Å²) in [5.74, 6) is -1.43. The number of carbonyl (C=O) groups excluding carboxylic acids is 4. The van der Waals surface area contributed by atoms with Crippen molar-refractivity contribution < 1.29 is 80.2 Å². The third-order valence-electron chi connectivity index (χ3n) is 18.8. The topological polar surface area (TPSA) is 237 Å². The van der Waals surface area contributed by atoms with E-state index in [1.165, 1.54) is 244 Å². The molecule has 17 nitrogen and oxygen atoms in total. The Morgan fingerprint density at radius 1 is 0.273 bits per heavy atom. The summed E-state index contributed by atoms with van der Waals surface area (Å²) in [6.07, 6.45) is 64.1. The van der Waals surface area contributed by atoms with E-state index in [4.69, 9.17) is 37.0 Å². The largest absolute Gasteiger partial charge is 0.472 e. The van der Waals surface area contributed by atoms with Gasteiger partial charge < -0.3 is 33.8 Å². The van der Waals surface area contributed by atoms with Gasteiger partial charge in [-0.25, -0.2) is 9.13 Å². The summed E-state index contributed by atoms with van der Waals surface area (Å²) in [4.78, 5) is 72.9. The maximum atomic E-state index is 13.1. The first-order valence-corrected chi connectivity index (χ1v) is 44.6. The van der Waals surface area contributed by atoms with Gasteiger partial charge in [0.1, 0.15) is 19.3 Å². The molecule has 0 saturated carbocycles. The highest BCUT2D eigenvalue weighted by molar-refractivity contribution is 7.47. The van der Waals surface area contributed by atoms with Crippen LogP contribution in [0.4, 0.5) is 0 Å². The third-order valence-corrected chi connectivity index (χ3v) is 20.7. The molecule has 0 aromatic carbocycles. The van der Waals surface area contributed by atoms with Crippen molar-refractivity contribution in [2.75, 3.05) is 39.6 Å². The molecule has 0 fully saturated rings. The molecule has 99 heavy (non-hydrogen) atoms. The number of unbranched alkanes of at least 4 members (excludes halogenated alkanes) is 52. The van der Waals surface area contributed by atoms with Crippen LogP contribution in [-0.4, -0.2) is 96.7 Å². The molecule has 2 unspecified atom stereocenters. The molecule has 0 bridgehead atoms. The van der Waals surface area contributed by atoms with Gasteiger partial charge in [0.15, 0.2) is 12.2 Å². The zero-order chi connectivity index (χ0) is 72.7. The standard InChI is InChI=1S/C80H156O17P2/c1-6-9-12-15-18-21-24-27-29-31-32-33-34-35-36-38-40-43-46-49-56-61-66-80(85)96-75(69-90-77(82)63-58-53-47-44-42-39-37-30-28-25-22-19-16-13-10-7-2)71-94-98(86,87)92-67-74(81)68-93-99(88,89)95-72-76(70-91-78(83)64-59-54-51-50-52-57-62-73(4)5)97-79(84)65-60-55-48-45-41-26-23-20-17-14-11-8-3/h73-76,81H,6-72H2,1-5H3,(H,86,87)(H,88,89)/t74-,75-,76-/m1/s1. The van der Waals surface area contributed by atoms with Crippen LogP contribution in [0.3, 0.4) is 0 Å². The lowest BCUT2D eigenvalue weighted by Crippen LogP contribution is -2.30. The number of hydrogen-bond donors (Lipinski definition) is 3. The summed E-state index contributed by atoms with van der Waals surface area (Å²) in [7, 11) is -9.91. The van der Waals surface area contributed by atoms with E-state index in [1.54, 1.807) is 0 Å². The molecule has 0 aliphatic rings. The average molecular weight is 1450 g/mol. The van der Waals surface area contributed by atoms with E-state index in [2.05, 4.69) is 34.6 Å². The summed E-state index contributed by atoms with van der Waals surface area (Å²) in [6, 6.07) is 0. The van der Waals surface area contributed by atoms with E-state index in [0.717, 1.165) is 96.3 Å². The van der Waals surface area contributed by atoms with Gasteiger partial charge in [-0.2, -0.15) is 0 Å². The Morgan fingerprint density at radius 3 is 0.687 bits per heavy atom. The van der Waals surface area contributed by atoms with Crippen molar-refractivity contribution in [1.29, 1.82) is 0 Å². The van der Waals surface area contributed by atoms with Crippen LogP contribution in [0.15, 0.2) is 0 Å². The van der Waals surface area contributed by atoms with Crippen LogP contribution >= 0.6 is 15.6 Å². The summed E-state index contributed by atoms with van der Waals surface area (Å²) in [6.45, 7) is 7.23. The van der Waals surface area contributed by atoms with Gasteiger partial charge in [0.2, 0.25) is 0 Å². The number of aliphatic hydroxyl groups is 1. The van der Waals surface area contributed by atoms with Crippen LogP contribution in [0.1, 0.15) is 426 Å². The Balaban J connectivity index is 5.18. The highest BCUT2D eigenvalue weighted by Crippen LogP contribution is 2.45. The number of hydrogen-bond acceptors (Lipinski definition) is 15. The van der Waals surface area contributed by atoms with Gasteiger partial charge in [0.25, 0.3) is 0 Å². The average Bonchev–Trinajstić information content (AvgIpc) is 1.04. The van der Waals surface area contributed by atoms with Crippen molar-refractivity contribution in [3.05, 3.63) is 0 Å². The molecule has 0 rings (SSSR count). The smallest absolute Gasteiger partial charge is 0.462 e. The summed E-state index contributed by atoms with van der Waals surface area (Å²) in [5.41, 5.74) is 0. The Kier molecular flexibility index (Phi) is 71.6. The molecular weight excluding hydrogens is 1290 g/mol. The van der Waals surface area contributed by atoms with Crippen LogP contribution in [0, 0.1) is 5.92 Å². The fraction of sp³-hybridized carbons (Fsp3) is 0.950. The van der Waals surface area contributed by atoms with Crippen LogP contribution in [0.5, 0.6) is 0 Å². The number of carbonyl (C=O) groups is 4. The van der Waals surface area contributed by atoms with Gasteiger partial charge in [-0.05, 0) is 31.6 Å². The Bertz CT molecular complexity index is 1890. The number of phosphoric acid groups is 2. The van der Waals surface area contributed by atoms with Crippen molar-refractivity contribution >= 4 is 39.5 Å². The second-order valence-electron chi connectivity index (χ2n) is 29.3. The highest BCUT2D eigenvalue weighted by atomic mass is 31.2. The van der Waals surface area contributed by atoms with Gasteiger partial charge in [-0.15, -0.1) is 0 Å². The maximum Gasteiger partial charge on any atom is 0.472 e. The van der Waals surface area contributed by atoms with Gasteiger partial charge in [-0.1, -0.05) is 375 Å². The van der Waals surface area contributed by atoms with Crippen LogP contribution in [0.25, 0.3) is 0 Å². The summed E-state index contributed by atoms with van der Waals surface area (Å²) >= 11 is 0. The minimum atomic E-state index is -4.96. The lowest BCUT2D eigenvalue weighted by atomic mass is 10.0. The number of phosphoric ester groups is 2. The zero-order valence-corrected chi connectivity index (χ0v) is 66.4. The summed E-state index contributed by atoms with van der Waals surface area (Å²) in [5, 5.41) is 10.6. The third kappa shape index (κ3) is 74.1. The minimum absolute atomic E-state index is 0.107. The van der Waals surface area contributed by atoms with E-state index in [1.807, 2.05) is 0 Å². The first-order chi connectivity index (χ1) is 48.0. The molecule has 5 atom stereocenters. The van der Waals surface area contributed by atoms with E-state index in [0.29, 0.717) is 31.6 Å². The van der Waals surface area contributed by atoms with Crippen molar-refractivity contribution in [3.8, 4) is 0 Å². The molecule has 0 aliphatic heterocycles. The molecule has 0 heterocycles. The number of rotatable bonds is 80. The molecule has 0 saturated heterocycles. The summed E-state index contributed by atoms with van der Waals surface area (Å²) < 4.78 is 68.6. The molecule has 0 radical (unpaired) electrons. The number of ether oxygens (including phenoxy) is 4. The fourth-order valence-electron chi connectivity index (χ4n) is 12.4. The van der Waals surface area contributed by atoms with Crippen molar-refractivity contribution in [2.24, 2.45) is 5.92 Å². The second-order valence-corrected chi connectivity index (χ2v) is 32.2. The van der Waals surface area contributed by atoms with Crippen LogP contribution in [-0.2, 0) is 65.4 Å². The van der Waals surface area contributed by atoms with Crippen molar-refractivity contribution in [1.82, 2.24) is 0 Å². The molecular formula is C80H156O17P2. The van der Waals surface area contributed by atoms with Gasteiger partial charge in [0, 0.05) is 25.7 Å². The Labute approximate surface area is 607 Å². The first-order valence-electron chi connectivity index (χ1n) is 41.6. The maximum absolute atomic E-state index is 13.1. The fourth-order valence-corrected chi connectivity index (χ4v) is 14.0. The van der Waals surface area contributed by atoms with E-state index >= 15 is 0 Å². The number of esters is 4. The predicted octanol–water partition coefficient (Wildman–Crippen LogP) is 24.0. The molecule has 588 valence electrons. The zero-order valence-electron chi connectivity index (χ0n) is 64.6.